The molecule has 2 rings (SSSR count). The highest BCUT2D eigenvalue weighted by atomic mass is 79.9. The van der Waals surface area contributed by atoms with Crippen LogP contribution in [0.3, 0.4) is 0 Å². The lowest BCUT2D eigenvalue weighted by Gasteiger charge is -2.09. The number of benzene rings is 1. The van der Waals surface area contributed by atoms with Gasteiger partial charge in [-0.05, 0) is 37.1 Å². The minimum Gasteiger partial charge on any atom is -0.382 e. The van der Waals surface area contributed by atoms with Gasteiger partial charge in [-0.25, -0.2) is 9.97 Å². The summed E-state index contributed by atoms with van der Waals surface area (Å²) in [5.41, 5.74) is 8.82. The van der Waals surface area contributed by atoms with Crippen LogP contribution in [-0.2, 0) is 0 Å². The van der Waals surface area contributed by atoms with Gasteiger partial charge in [0.15, 0.2) is 0 Å². The van der Waals surface area contributed by atoms with Gasteiger partial charge in [0.1, 0.15) is 11.6 Å². The van der Waals surface area contributed by atoms with Crippen molar-refractivity contribution in [2.24, 2.45) is 0 Å². The number of nitrogens with one attached hydrogen (secondary N) is 1. The van der Waals surface area contributed by atoms with Crippen molar-refractivity contribution in [2.75, 3.05) is 11.1 Å². The van der Waals surface area contributed by atoms with Crippen LogP contribution in [0, 0.1) is 13.8 Å². The third kappa shape index (κ3) is 2.74. The molecule has 0 atom stereocenters. The van der Waals surface area contributed by atoms with Gasteiger partial charge in [0.25, 0.3) is 0 Å². The van der Waals surface area contributed by atoms with Crippen molar-refractivity contribution >= 4 is 33.3 Å². The summed E-state index contributed by atoms with van der Waals surface area (Å²) in [4.78, 5) is 8.13. The molecular weight excluding hydrogens is 280 g/mol. The zero-order valence-corrected chi connectivity index (χ0v) is 11.2. The van der Waals surface area contributed by atoms with E-state index in [0.717, 1.165) is 10.2 Å². The van der Waals surface area contributed by atoms with Gasteiger partial charge >= 0.3 is 0 Å². The van der Waals surface area contributed by atoms with Crippen molar-refractivity contribution in [3.63, 3.8) is 0 Å². The van der Waals surface area contributed by atoms with Crippen LogP contribution in [0.2, 0.25) is 0 Å². The molecule has 0 saturated heterocycles. The van der Waals surface area contributed by atoms with Crippen LogP contribution in [0.1, 0.15) is 11.1 Å². The molecule has 0 aliphatic rings. The van der Waals surface area contributed by atoms with Crippen LogP contribution in [0.25, 0.3) is 0 Å². The highest BCUT2D eigenvalue weighted by Gasteiger charge is 2.03. The smallest absolute Gasteiger partial charge is 0.149 e. The van der Waals surface area contributed by atoms with Crippen LogP contribution >= 0.6 is 15.9 Å². The van der Waals surface area contributed by atoms with E-state index in [1.807, 2.05) is 0 Å². The van der Waals surface area contributed by atoms with Crippen molar-refractivity contribution in [1.29, 1.82) is 0 Å². The summed E-state index contributed by atoms with van der Waals surface area (Å²) in [7, 11) is 0. The molecule has 0 aliphatic carbocycles. The van der Waals surface area contributed by atoms with E-state index in [1.165, 1.54) is 17.3 Å². The lowest BCUT2D eigenvalue weighted by molar-refractivity contribution is 1.20. The number of hydrogen-bond acceptors (Lipinski definition) is 4. The maximum Gasteiger partial charge on any atom is 0.149 e. The summed E-state index contributed by atoms with van der Waals surface area (Å²) in [6.45, 7) is 4.11. The van der Waals surface area contributed by atoms with E-state index in [0.29, 0.717) is 11.6 Å². The summed E-state index contributed by atoms with van der Waals surface area (Å²) < 4.78 is 1.13. The Kier molecular flexibility index (Phi) is 3.28. The average Bonchev–Trinajstić information content (AvgIpc) is 2.29. The van der Waals surface area contributed by atoms with Crippen LogP contribution in [0.4, 0.5) is 17.3 Å². The minimum atomic E-state index is 0.415. The van der Waals surface area contributed by atoms with E-state index in [9.17, 15) is 0 Å². The van der Waals surface area contributed by atoms with E-state index in [-0.39, 0.29) is 0 Å². The lowest BCUT2D eigenvalue weighted by Crippen LogP contribution is -1.98. The second-order valence-corrected chi connectivity index (χ2v) is 4.67. The van der Waals surface area contributed by atoms with Gasteiger partial charge in [-0.1, -0.05) is 15.9 Å². The summed E-state index contributed by atoms with van der Waals surface area (Å²) in [5.74, 6) is 1.10. The van der Waals surface area contributed by atoms with E-state index in [4.69, 9.17) is 5.73 Å². The van der Waals surface area contributed by atoms with Crippen LogP contribution in [0.5, 0.6) is 0 Å². The quantitative estimate of drug-likeness (QED) is 0.892. The molecular formula is C12H13BrN4. The fraction of sp³-hybridized carbons (Fsp3) is 0.167. The Morgan fingerprint density at radius 2 is 1.76 bits per heavy atom. The summed E-state index contributed by atoms with van der Waals surface area (Å²) in [6.07, 6.45) is 3.14. The molecule has 1 aromatic heterocycles. The van der Waals surface area contributed by atoms with Crippen molar-refractivity contribution in [2.45, 2.75) is 13.8 Å². The molecule has 5 heteroatoms. The number of nitrogens with zero attached hydrogens (tertiary/aromatic N) is 2. The first kappa shape index (κ1) is 11.9. The molecule has 4 nitrogen and oxygen atoms in total. The fourth-order valence-electron chi connectivity index (χ4n) is 1.57. The molecule has 3 N–H and O–H groups in total. The molecule has 0 fully saturated rings. The molecule has 0 saturated carbocycles. The molecule has 0 bridgehead atoms. The fourth-order valence-corrected chi connectivity index (χ4v) is 1.80. The molecule has 0 unspecified atom stereocenters. The van der Waals surface area contributed by atoms with E-state index in [2.05, 4.69) is 57.2 Å². The molecule has 88 valence electrons. The predicted octanol–water partition coefficient (Wildman–Crippen LogP) is 3.18. The number of aromatic nitrogens is 2. The second-order valence-electron chi connectivity index (χ2n) is 3.88. The number of halogens is 1. The Labute approximate surface area is 108 Å². The van der Waals surface area contributed by atoms with Crippen molar-refractivity contribution in [1.82, 2.24) is 9.97 Å². The van der Waals surface area contributed by atoms with Crippen molar-refractivity contribution < 1.29 is 0 Å². The predicted molar refractivity (Wildman–Crippen MR) is 73.3 cm³/mol. The maximum atomic E-state index is 5.48. The Bertz CT molecular complexity index is 514. The molecule has 0 spiro atoms. The third-order valence-electron chi connectivity index (χ3n) is 2.38. The molecule has 17 heavy (non-hydrogen) atoms. The van der Waals surface area contributed by atoms with Gasteiger partial charge in [-0.3, -0.25) is 0 Å². The zero-order chi connectivity index (χ0) is 12.4. The van der Waals surface area contributed by atoms with Gasteiger partial charge in [-0.2, -0.15) is 0 Å². The number of nitrogen functional groups attached to an aromatic ring is 1. The number of anilines is 3. The molecule has 0 amide bonds. The normalized spacial score (nSPS) is 10.3. The lowest BCUT2D eigenvalue weighted by atomic mass is 10.1. The summed E-state index contributed by atoms with van der Waals surface area (Å²) >= 11 is 3.54. The molecule has 2 aromatic rings. The highest BCUT2D eigenvalue weighted by Crippen LogP contribution is 2.26. The van der Waals surface area contributed by atoms with Crippen molar-refractivity contribution in [3.05, 3.63) is 40.1 Å². The Morgan fingerprint density at radius 3 is 2.29 bits per heavy atom. The Hall–Kier alpha value is -1.62. The van der Waals surface area contributed by atoms with Gasteiger partial charge < -0.3 is 11.1 Å². The number of hydrogen-bond donors (Lipinski definition) is 2. The standard InChI is InChI=1S/C12H13BrN4/c1-7-3-9(4-8(2)12(7)13)17-11-6-15-10(14)5-16-11/h3-6H,1-2H3,(H2,14,15)(H,16,17). The van der Waals surface area contributed by atoms with Gasteiger partial charge in [0, 0.05) is 10.2 Å². The van der Waals surface area contributed by atoms with Crippen LogP contribution < -0.4 is 11.1 Å². The third-order valence-corrected chi connectivity index (χ3v) is 3.63. The molecule has 0 radical (unpaired) electrons. The number of nitrogens with two attached hydrogens (primary N) is 1. The van der Waals surface area contributed by atoms with Gasteiger partial charge in [0.05, 0.1) is 12.4 Å². The molecule has 1 aromatic carbocycles. The Balaban J connectivity index is 2.27. The zero-order valence-electron chi connectivity index (χ0n) is 9.66. The first-order valence-electron chi connectivity index (χ1n) is 5.17. The first-order chi connectivity index (χ1) is 8.06. The highest BCUT2D eigenvalue weighted by molar-refractivity contribution is 9.10. The second kappa shape index (κ2) is 4.71. The number of rotatable bonds is 2. The van der Waals surface area contributed by atoms with Crippen LogP contribution in [-0.4, -0.2) is 9.97 Å². The van der Waals surface area contributed by atoms with E-state index < -0.39 is 0 Å². The van der Waals surface area contributed by atoms with Crippen molar-refractivity contribution in [3.8, 4) is 0 Å². The maximum absolute atomic E-state index is 5.48. The van der Waals surface area contributed by atoms with E-state index >= 15 is 0 Å². The molecule has 0 aliphatic heterocycles. The van der Waals surface area contributed by atoms with Crippen LogP contribution in [0.15, 0.2) is 29.0 Å². The largest absolute Gasteiger partial charge is 0.382 e. The summed E-state index contributed by atoms with van der Waals surface area (Å²) in [6, 6.07) is 4.10. The molecule has 1 heterocycles. The topological polar surface area (TPSA) is 63.8 Å². The SMILES string of the molecule is Cc1cc(Nc2cnc(N)cn2)cc(C)c1Br. The minimum absolute atomic E-state index is 0.415. The number of aryl methyl sites for hydroxylation is 2. The first-order valence-corrected chi connectivity index (χ1v) is 5.97. The van der Waals surface area contributed by atoms with Gasteiger partial charge in [0.2, 0.25) is 0 Å². The average molecular weight is 293 g/mol. The summed E-state index contributed by atoms with van der Waals surface area (Å²) in [5, 5.41) is 3.19. The Morgan fingerprint density at radius 1 is 1.12 bits per heavy atom. The van der Waals surface area contributed by atoms with Gasteiger partial charge in [-0.15, -0.1) is 0 Å². The monoisotopic (exact) mass is 292 g/mol. The van der Waals surface area contributed by atoms with E-state index in [1.54, 1.807) is 6.20 Å².